The topological polar surface area (TPSA) is 69.7 Å². The summed E-state index contributed by atoms with van der Waals surface area (Å²) in [5.41, 5.74) is 0.222. The molecule has 1 N–H and O–H groups in total. The van der Waals surface area contributed by atoms with E-state index in [4.69, 9.17) is 0 Å². The molecule has 6 nitrogen and oxygen atoms in total. The van der Waals surface area contributed by atoms with Crippen molar-refractivity contribution in [1.29, 1.82) is 0 Å². The Hall–Kier alpha value is -2.44. The van der Waals surface area contributed by atoms with Crippen LogP contribution in [0.2, 0.25) is 0 Å². The molecule has 2 heterocycles. The van der Waals surface area contributed by atoms with E-state index in [0.717, 1.165) is 0 Å². The van der Waals surface area contributed by atoms with Crippen LogP contribution < -0.4 is 10.2 Å². The molecule has 0 saturated carbocycles. The van der Waals surface area contributed by atoms with Crippen LogP contribution in [0.1, 0.15) is 39.5 Å². The van der Waals surface area contributed by atoms with E-state index in [0.29, 0.717) is 38.3 Å². The van der Waals surface area contributed by atoms with Crippen molar-refractivity contribution in [3.8, 4) is 0 Å². The summed E-state index contributed by atoms with van der Waals surface area (Å²) in [6.45, 7) is 5.52. The quantitative estimate of drug-likeness (QED) is 0.840. The molecule has 3 amide bonds. The first-order valence-electron chi connectivity index (χ1n) is 9.98. The van der Waals surface area contributed by atoms with E-state index in [-0.39, 0.29) is 42.4 Å². The van der Waals surface area contributed by atoms with Crippen LogP contribution in [0.3, 0.4) is 0 Å². The van der Waals surface area contributed by atoms with Gasteiger partial charge >= 0.3 is 0 Å². The van der Waals surface area contributed by atoms with Gasteiger partial charge in [0.25, 0.3) is 0 Å². The molecular weight excluding hydrogens is 361 g/mol. The Kier molecular flexibility index (Phi) is 6.31. The predicted octanol–water partition coefficient (Wildman–Crippen LogP) is 2.33. The molecule has 7 heteroatoms. The lowest BCUT2D eigenvalue weighted by Gasteiger charge is -2.33. The van der Waals surface area contributed by atoms with Crippen LogP contribution in [0, 0.1) is 17.7 Å². The first-order chi connectivity index (χ1) is 13.3. The molecule has 3 rings (SSSR count). The van der Waals surface area contributed by atoms with Crippen molar-refractivity contribution < 1.29 is 18.8 Å². The highest BCUT2D eigenvalue weighted by atomic mass is 19.1. The monoisotopic (exact) mass is 389 g/mol. The zero-order valence-electron chi connectivity index (χ0n) is 16.5. The lowest BCUT2D eigenvalue weighted by molar-refractivity contribution is -0.133. The molecule has 0 spiro atoms. The largest absolute Gasteiger partial charge is 0.353 e. The number of piperidine rings is 1. The molecule has 2 fully saturated rings. The highest BCUT2D eigenvalue weighted by Gasteiger charge is 2.37. The summed E-state index contributed by atoms with van der Waals surface area (Å²) in [6, 6.07) is 6.12. The van der Waals surface area contributed by atoms with Crippen molar-refractivity contribution in [2.45, 2.75) is 45.6 Å². The van der Waals surface area contributed by atoms with Crippen molar-refractivity contribution in [2.24, 2.45) is 11.8 Å². The van der Waals surface area contributed by atoms with Crippen LogP contribution in [0.4, 0.5) is 10.1 Å². The minimum Gasteiger partial charge on any atom is -0.353 e. The maximum Gasteiger partial charge on any atom is 0.227 e. The van der Waals surface area contributed by atoms with Gasteiger partial charge in [0.05, 0.1) is 11.6 Å². The molecule has 2 aliphatic rings. The number of nitrogens with one attached hydrogen (secondary N) is 1. The van der Waals surface area contributed by atoms with Crippen molar-refractivity contribution in [2.75, 3.05) is 24.5 Å². The number of para-hydroxylation sites is 1. The number of benzene rings is 1. The first kappa shape index (κ1) is 20.3. The Bertz CT molecular complexity index is 744. The number of nitrogens with zero attached hydrogens (tertiary/aromatic N) is 2. The summed E-state index contributed by atoms with van der Waals surface area (Å²) in [5, 5.41) is 3.02. The number of hydrogen-bond donors (Lipinski definition) is 1. The molecule has 1 atom stereocenters. The van der Waals surface area contributed by atoms with Crippen LogP contribution in [-0.2, 0) is 14.4 Å². The molecule has 1 aromatic rings. The fraction of sp³-hybridized carbons (Fsp3) is 0.571. The molecule has 0 aromatic heterocycles. The number of anilines is 1. The zero-order chi connectivity index (χ0) is 20.3. The van der Waals surface area contributed by atoms with Gasteiger partial charge in [-0.2, -0.15) is 0 Å². The summed E-state index contributed by atoms with van der Waals surface area (Å²) < 4.78 is 14.0. The number of rotatable bonds is 5. The molecule has 0 radical (unpaired) electrons. The molecule has 1 aromatic carbocycles. The summed E-state index contributed by atoms with van der Waals surface area (Å²) in [5.74, 6) is -0.842. The minimum atomic E-state index is -0.479. The van der Waals surface area contributed by atoms with E-state index < -0.39 is 11.7 Å². The normalized spacial score (nSPS) is 20.7. The van der Waals surface area contributed by atoms with Gasteiger partial charge in [0.2, 0.25) is 17.7 Å². The van der Waals surface area contributed by atoms with Gasteiger partial charge in [-0.3, -0.25) is 14.4 Å². The molecule has 28 heavy (non-hydrogen) atoms. The number of carbonyl (C=O) groups is 3. The van der Waals surface area contributed by atoms with Gasteiger partial charge < -0.3 is 15.1 Å². The summed E-state index contributed by atoms with van der Waals surface area (Å²) in [7, 11) is 0. The fourth-order valence-electron chi connectivity index (χ4n) is 3.86. The average Bonchev–Trinajstić information content (AvgIpc) is 3.04. The molecule has 1 unspecified atom stereocenters. The Morgan fingerprint density at radius 3 is 2.54 bits per heavy atom. The second kappa shape index (κ2) is 8.71. The van der Waals surface area contributed by atoms with E-state index in [1.807, 2.05) is 18.7 Å². The number of carbonyl (C=O) groups excluding carboxylic acids is 3. The SMILES string of the molecule is CC(C)CC(=O)N1CCC(NC(=O)C2CC(=O)N(c3ccccc3F)C2)CC1. The molecule has 0 aliphatic carbocycles. The highest BCUT2D eigenvalue weighted by molar-refractivity contribution is 6.00. The second-order valence-corrected chi connectivity index (χ2v) is 8.12. The van der Waals surface area contributed by atoms with Gasteiger partial charge in [0.1, 0.15) is 5.82 Å². The van der Waals surface area contributed by atoms with Crippen molar-refractivity contribution in [3.05, 3.63) is 30.1 Å². The van der Waals surface area contributed by atoms with Gasteiger partial charge in [-0.15, -0.1) is 0 Å². The van der Waals surface area contributed by atoms with Gasteiger partial charge in [-0.25, -0.2) is 4.39 Å². The lowest BCUT2D eigenvalue weighted by atomic mass is 10.0. The lowest BCUT2D eigenvalue weighted by Crippen LogP contribution is -2.48. The van der Waals surface area contributed by atoms with Gasteiger partial charge in [0, 0.05) is 38.5 Å². The van der Waals surface area contributed by atoms with Crippen LogP contribution >= 0.6 is 0 Å². The third kappa shape index (κ3) is 4.69. The van der Waals surface area contributed by atoms with Crippen molar-refractivity contribution in [1.82, 2.24) is 10.2 Å². The average molecular weight is 389 g/mol. The minimum absolute atomic E-state index is 0.00761. The van der Waals surface area contributed by atoms with E-state index in [2.05, 4.69) is 5.32 Å². The fourth-order valence-corrected chi connectivity index (χ4v) is 3.86. The molecule has 2 aliphatic heterocycles. The number of hydrogen-bond acceptors (Lipinski definition) is 3. The maximum absolute atomic E-state index is 14.0. The molecule has 152 valence electrons. The molecule has 2 saturated heterocycles. The Balaban J connectivity index is 1.50. The van der Waals surface area contributed by atoms with Crippen LogP contribution in [0.25, 0.3) is 0 Å². The Morgan fingerprint density at radius 1 is 1.21 bits per heavy atom. The van der Waals surface area contributed by atoms with Crippen LogP contribution in [0.15, 0.2) is 24.3 Å². The van der Waals surface area contributed by atoms with Gasteiger partial charge in [-0.1, -0.05) is 26.0 Å². The van der Waals surface area contributed by atoms with Gasteiger partial charge in [-0.05, 0) is 30.9 Å². The third-order valence-corrected chi connectivity index (χ3v) is 5.42. The number of halogens is 1. The van der Waals surface area contributed by atoms with Crippen LogP contribution in [-0.4, -0.2) is 48.3 Å². The first-order valence-corrected chi connectivity index (χ1v) is 9.98. The summed E-state index contributed by atoms with van der Waals surface area (Å²) in [6.07, 6.45) is 2.07. The van der Waals surface area contributed by atoms with Crippen molar-refractivity contribution >= 4 is 23.4 Å². The standard InChI is InChI=1S/C21H28FN3O3/c1-14(2)11-19(26)24-9-7-16(8-10-24)23-21(28)15-12-20(27)25(13-15)18-6-4-3-5-17(18)22/h3-6,14-16H,7-13H2,1-2H3,(H,23,28). The second-order valence-electron chi connectivity index (χ2n) is 8.12. The third-order valence-electron chi connectivity index (χ3n) is 5.42. The smallest absolute Gasteiger partial charge is 0.227 e. The van der Waals surface area contributed by atoms with E-state index in [9.17, 15) is 18.8 Å². The van der Waals surface area contributed by atoms with Crippen LogP contribution in [0.5, 0.6) is 0 Å². The van der Waals surface area contributed by atoms with E-state index in [1.54, 1.807) is 18.2 Å². The molecular formula is C21H28FN3O3. The van der Waals surface area contributed by atoms with E-state index >= 15 is 0 Å². The highest BCUT2D eigenvalue weighted by Crippen LogP contribution is 2.27. The zero-order valence-corrected chi connectivity index (χ0v) is 16.5. The summed E-state index contributed by atoms with van der Waals surface area (Å²) in [4.78, 5) is 40.3. The number of likely N-dealkylation sites (tertiary alicyclic amines) is 1. The van der Waals surface area contributed by atoms with Crippen molar-refractivity contribution in [3.63, 3.8) is 0 Å². The summed E-state index contributed by atoms with van der Waals surface area (Å²) >= 11 is 0. The Labute approximate surface area is 165 Å². The predicted molar refractivity (Wildman–Crippen MR) is 104 cm³/mol. The molecule has 0 bridgehead atoms. The number of amides is 3. The van der Waals surface area contributed by atoms with E-state index in [1.165, 1.54) is 11.0 Å². The van der Waals surface area contributed by atoms with Gasteiger partial charge in [0.15, 0.2) is 0 Å². The Morgan fingerprint density at radius 2 is 1.89 bits per heavy atom. The maximum atomic E-state index is 14.0.